The van der Waals surface area contributed by atoms with Crippen molar-refractivity contribution in [2.24, 2.45) is 0 Å². The third-order valence-corrected chi connectivity index (χ3v) is 2.72. The van der Waals surface area contributed by atoms with Crippen molar-refractivity contribution < 1.29 is 13.2 Å². The number of alkyl halides is 3. The minimum Gasteiger partial charge on any atom is -0.378 e. The number of anilines is 1. The van der Waals surface area contributed by atoms with Crippen LogP contribution < -0.4 is 5.32 Å². The Hall–Kier alpha value is -1.82. The molecule has 0 saturated heterocycles. The van der Waals surface area contributed by atoms with Crippen LogP contribution in [0.2, 0.25) is 5.02 Å². The van der Waals surface area contributed by atoms with E-state index in [0.29, 0.717) is 5.69 Å². The molecule has 1 aromatic heterocycles. The SMILES string of the molecule is FC(F)(F)c1cccc(Cl)c1NCc1ccncn1. The van der Waals surface area contributed by atoms with Crippen molar-refractivity contribution in [1.29, 1.82) is 0 Å². The number of hydrogen-bond donors (Lipinski definition) is 1. The summed E-state index contributed by atoms with van der Waals surface area (Å²) in [5, 5.41) is 2.68. The fraction of sp³-hybridized carbons (Fsp3) is 0.167. The van der Waals surface area contributed by atoms with Crippen molar-refractivity contribution in [3.05, 3.63) is 53.1 Å². The Morgan fingerprint density at radius 2 is 2.00 bits per heavy atom. The number of hydrogen-bond acceptors (Lipinski definition) is 3. The third-order valence-electron chi connectivity index (χ3n) is 2.41. The van der Waals surface area contributed by atoms with E-state index in [4.69, 9.17) is 11.6 Å². The van der Waals surface area contributed by atoms with Crippen LogP contribution >= 0.6 is 11.6 Å². The summed E-state index contributed by atoms with van der Waals surface area (Å²) in [5.41, 5.74) is -0.368. The molecule has 0 fully saturated rings. The van der Waals surface area contributed by atoms with Gasteiger partial charge in [0.1, 0.15) is 6.33 Å². The summed E-state index contributed by atoms with van der Waals surface area (Å²) >= 11 is 5.81. The van der Waals surface area contributed by atoms with E-state index in [1.807, 2.05) is 0 Å². The van der Waals surface area contributed by atoms with Crippen LogP contribution in [0.15, 0.2) is 36.8 Å². The summed E-state index contributed by atoms with van der Waals surface area (Å²) in [6.45, 7) is 0.134. The second-order valence-corrected chi connectivity index (χ2v) is 4.12. The van der Waals surface area contributed by atoms with Crippen LogP contribution in [0.25, 0.3) is 0 Å². The van der Waals surface area contributed by atoms with E-state index in [2.05, 4.69) is 15.3 Å². The number of benzene rings is 1. The molecule has 3 nitrogen and oxygen atoms in total. The summed E-state index contributed by atoms with van der Waals surface area (Å²) in [4.78, 5) is 7.65. The minimum atomic E-state index is -4.46. The van der Waals surface area contributed by atoms with E-state index in [-0.39, 0.29) is 17.3 Å². The Labute approximate surface area is 112 Å². The van der Waals surface area contributed by atoms with Gasteiger partial charge in [0.2, 0.25) is 0 Å². The fourth-order valence-electron chi connectivity index (χ4n) is 1.54. The summed E-state index contributed by atoms with van der Waals surface area (Å²) in [6, 6.07) is 5.26. The summed E-state index contributed by atoms with van der Waals surface area (Å²) in [6.07, 6.45) is -1.62. The number of nitrogens with zero attached hydrogens (tertiary/aromatic N) is 2. The standard InChI is InChI=1S/C12H9ClF3N3/c13-10-3-1-2-9(12(14,15)16)11(10)18-6-8-4-5-17-7-19-8/h1-5,7,18H,6H2. The molecule has 100 valence electrons. The van der Waals surface area contributed by atoms with Crippen LogP contribution in [0.5, 0.6) is 0 Å². The van der Waals surface area contributed by atoms with Gasteiger partial charge in [-0.1, -0.05) is 17.7 Å². The zero-order valence-corrected chi connectivity index (χ0v) is 10.3. The van der Waals surface area contributed by atoms with E-state index >= 15 is 0 Å². The molecule has 2 aromatic rings. The summed E-state index contributed by atoms with van der Waals surface area (Å²) < 4.78 is 38.5. The Balaban J connectivity index is 2.25. The molecule has 0 amide bonds. The molecule has 7 heteroatoms. The largest absolute Gasteiger partial charge is 0.418 e. The fourth-order valence-corrected chi connectivity index (χ4v) is 1.78. The Morgan fingerprint density at radius 3 is 2.63 bits per heavy atom. The average molecular weight is 288 g/mol. The predicted octanol–water partition coefficient (Wildman–Crippen LogP) is 3.76. The highest BCUT2D eigenvalue weighted by atomic mass is 35.5. The molecule has 0 aliphatic heterocycles. The van der Waals surface area contributed by atoms with Gasteiger partial charge in [0, 0.05) is 6.20 Å². The number of aromatic nitrogens is 2. The lowest BCUT2D eigenvalue weighted by molar-refractivity contribution is -0.136. The van der Waals surface area contributed by atoms with Crippen molar-refractivity contribution in [2.45, 2.75) is 12.7 Å². The van der Waals surface area contributed by atoms with E-state index < -0.39 is 11.7 Å². The van der Waals surface area contributed by atoms with Crippen LogP contribution in [-0.2, 0) is 12.7 Å². The highest BCUT2D eigenvalue weighted by molar-refractivity contribution is 6.33. The van der Waals surface area contributed by atoms with Crippen molar-refractivity contribution in [3.8, 4) is 0 Å². The number of para-hydroxylation sites is 1. The molecule has 0 atom stereocenters. The van der Waals surface area contributed by atoms with Crippen LogP contribution in [0.4, 0.5) is 18.9 Å². The zero-order chi connectivity index (χ0) is 13.9. The molecular weight excluding hydrogens is 279 g/mol. The molecule has 2 rings (SSSR count). The minimum absolute atomic E-state index is 0.0175. The smallest absolute Gasteiger partial charge is 0.378 e. The average Bonchev–Trinajstić information content (AvgIpc) is 2.37. The lowest BCUT2D eigenvalue weighted by Crippen LogP contribution is -2.11. The van der Waals surface area contributed by atoms with Gasteiger partial charge in [-0.15, -0.1) is 0 Å². The van der Waals surface area contributed by atoms with Gasteiger partial charge in [0.05, 0.1) is 28.5 Å². The normalized spacial score (nSPS) is 11.4. The zero-order valence-electron chi connectivity index (χ0n) is 9.58. The molecule has 0 spiro atoms. The van der Waals surface area contributed by atoms with Gasteiger partial charge in [-0.2, -0.15) is 13.2 Å². The van der Waals surface area contributed by atoms with Gasteiger partial charge < -0.3 is 5.32 Å². The van der Waals surface area contributed by atoms with Crippen molar-refractivity contribution >= 4 is 17.3 Å². The second kappa shape index (κ2) is 5.44. The first kappa shape index (κ1) is 13.6. The van der Waals surface area contributed by atoms with Crippen LogP contribution in [0, 0.1) is 0 Å². The predicted molar refractivity (Wildman–Crippen MR) is 65.8 cm³/mol. The molecule has 0 aliphatic rings. The van der Waals surface area contributed by atoms with Gasteiger partial charge in [0.15, 0.2) is 0 Å². The number of halogens is 4. The molecule has 0 saturated carbocycles. The lowest BCUT2D eigenvalue weighted by atomic mass is 10.1. The monoisotopic (exact) mass is 287 g/mol. The van der Waals surface area contributed by atoms with Gasteiger partial charge >= 0.3 is 6.18 Å². The Kier molecular flexibility index (Phi) is 3.90. The number of rotatable bonds is 3. The highest BCUT2D eigenvalue weighted by Gasteiger charge is 2.34. The van der Waals surface area contributed by atoms with Gasteiger partial charge in [0.25, 0.3) is 0 Å². The second-order valence-electron chi connectivity index (χ2n) is 3.71. The number of nitrogens with one attached hydrogen (secondary N) is 1. The molecular formula is C12H9ClF3N3. The van der Waals surface area contributed by atoms with Crippen LogP contribution in [0.1, 0.15) is 11.3 Å². The van der Waals surface area contributed by atoms with E-state index in [0.717, 1.165) is 6.07 Å². The van der Waals surface area contributed by atoms with Gasteiger partial charge in [-0.25, -0.2) is 9.97 Å². The molecule has 0 bridgehead atoms. The maximum Gasteiger partial charge on any atom is 0.418 e. The molecule has 0 unspecified atom stereocenters. The molecule has 1 N–H and O–H groups in total. The third kappa shape index (κ3) is 3.35. The Morgan fingerprint density at radius 1 is 1.21 bits per heavy atom. The Bertz CT molecular complexity index is 558. The van der Waals surface area contributed by atoms with E-state index in [1.165, 1.54) is 24.7 Å². The van der Waals surface area contributed by atoms with Crippen molar-refractivity contribution in [1.82, 2.24) is 9.97 Å². The molecule has 0 aliphatic carbocycles. The maximum atomic E-state index is 12.8. The van der Waals surface area contributed by atoms with E-state index in [1.54, 1.807) is 6.07 Å². The van der Waals surface area contributed by atoms with E-state index in [9.17, 15) is 13.2 Å². The molecule has 0 radical (unpaired) electrons. The summed E-state index contributed by atoms with van der Waals surface area (Å²) in [5.74, 6) is 0. The van der Waals surface area contributed by atoms with Crippen LogP contribution in [-0.4, -0.2) is 9.97 Å². The first-order valence-corrected chi connectivity index (χ1v) is 5.71. The summed E-state index contributed by atoms with van der Waals surface area (Å²) in [7, 11) is 0. The molecule has 19 heavy (non-hydrogen) atoms. The highest BCUT2D eigenvalue weighted by Crippen LogP contribution is 2.38. The quantitative estimate of drug-likeness (QED) is 0.934. The molecule has 1 heterocycles. The van der Waals surface area contributed by atoms with Crippen LogP contribution in [0.3, 0.4) is 0 Å². The maximum absolute atomic E-state index is 12.8. The topological polar surface area (TPSA) is 37.8 Å². The lowest BCUT2D eigenvalue weighted by Gasteiger charge is -2.15. The first-order valence-electron chi connectivity index (χ1n) is 5.33. The van der Waals surface area contributed by atoms with Crippen molar-refractivity contribution in [2.75, 3.05) is 5.32 Å². The van der Waals surface area contributed by atoms with Crippen molar-refractivity contribution in [3.63, 3.8) is 0 Å². The van der Waals surface area contributed by atoms with Gasteiger partial charge in [-0.3, -0.25) is 0 Å². The first-order chi connectivity index (χ1) is 8.98. The van der Waals surface area contributed by atoms with Gasteiger partial charge in [-0.05, 0) is 18.2 Å². The molecule has 1 aromatic carbocycles.